The summed E-state index contributed by atoms with van der Waals surface area (Å²) in [7, 11) is 1.80. The SMILES string of the molecule is CCCCCCC(C)C(=O)N1CCC[C@H]1C(=O)N[C@@H](CC(C)CC(O)CC(=O)CC)C(=O)N[C@@H](C)C(=O)NC(C)(C)C(=O)N[C@H](C(=O)N[C@H](C(=O)NC(C)(C)C(=O)NC(C)(C)C(=O)NC(C)CN(C)CCO)[C@@H](C)CC)[C@@H](C)CC. The van der Waals surface area contributed by atoms with Gasteiger partial charge in [0.05, 0.1) is 12.7 Å². The van der Waals surface area contributed by atoms with Gasteiger partial charge in [0.15, 0.2) is 0 Å². The normalized spacial score (nSPS) is 17.7. The van der Waals surface area contributed by atoms with Crippen LogP contribution in [0.5, 0.6) is 0 Å². The van der Waals surface area contributed by atoms with Crippen LogP contribution in [-0.2, 0) is 47.9 Å². The summed E-state index contributed by atoms with van der Waals surface area (Å²) in [5, 5.41) is 42.0. The number of carbonyl (C=O) groups excluding carboxylic acids is 10. The molecule has 0 radical (unpaired) electrons. The fourth-order valence-electron chi connectivity index (χ4n) is 9.48. The molecule has 4 unspecified atom stereocenters. The van der Waals surface area contributed by atoms with Crippen LogP contribution >= 0.6 is 0 Å². The van der Waals surface area contributed by atoms with Gasteiger partial charge in [-0.1, -0.05) is 93.9 Å². The number of Topliss-reactive ketones (excluding diaryl/α,β-unsaturated/α-hetero) is 1. The number of aliphatic hydroxyl groups excluding tert-OH is 2. The first kappa shape index (κ1) is 72.8. The van der Waals surface area contributed by atoms with Crippen LogP contribution in [0.1, 0.15) is 194 Å². The summed E-state index contributed by atoms with van der Waals surface area (Å²) in [4.78, 5) is 141. The molecule has 1 saturated heterocycles. The number of rotatable bonds is 37. The van der Waals surface area contributed by atoms with Gasteiger partial charge in [0, 0.05) is 44.4 Å². The zero-order chi connectivity index (χ0) is 61.5. The van der Waals surface area contributed by atoms with Crippen molar-refractivity contribution in [3.8, 4) is 0 Å². The molecular weight excluding hydrogens is 1030 g/mol. The van der Waals surface area contributed by atoms with E-state index in [2.05, 4.69) is 49.5 Å². The lowest BCUT2D eigenvalue weighted by atomic mass is 9.92. The number of hydrogen-bond acceptors (Lipinski definition) is 13. The topological polar surface area (TPSA) is 314 Å². The van der Waals surface area contributed by atoms with Gasteiger partial charge < -0.3 is 62.5 Å². The van der Waals surface area contributed by atoms with E-state index in [4.69, 9.17) is 0 Å². The molecule has 0 bridgehead atoms. The smallest absolute Gasteiger partial charge is 0.246 e. The molecule has 11 atom stereocenters. The minimum atomic E-state index is -1.67. The van der Waals surface area contributed by atoms with Crippen LogP contribution in [0.25, 0.3) is 0 Å². The second kappa shape index (κ2) is 34.3. The lowest BCUT2D eigenvalue weighted by molar-refractivity contribution is -0.142. The highest BCUT2D eigenvalue weighted by molar-refractivity contribution is 6.00. The molecule has 0 saturated carbocycles. The van der Waals surface area contributed by atoms with Crippen molar-refractivity contribution in [1.29, 1.82) is 0 Å². The Kier molecular flexibility index (Phi) is 31.2. The molecule has 1 heterocycles. The quantitative estimate of drug-likeness (QED) is 0.0401. The Morgan fingerprint density at radius 3 is 1.75 bits per heavy atom. The number of likely N-dealkylation sites (N-methyl/N-ethyl adjacent to an activating group) is 1. The highest BCUT2D eigenvalue weighted by Gasteiger charge is 2.42. The van der Waals surface area contributed by atoms with Gasteiger partial charge in [0.25, 0.3) is 0 Å². The maximum atomic E-state index is 14.2. The van der Waals surface area contributed by atoms with Gasteiger partial charge in [-0.2, -0.15) is 0 Å². The summed E-state index contributed by atoms with van der Waals surface area (Å²) in [6.45, 7) is 27.9. The van der Waals surface area contributed by atoms with Crippen molar-refractivity contribution in [1.82, 2.24) is 52.3 Å². The molecule has 1 aliphatic rings. The van der Waals surface area contributed by atoms with E-state index in [0.29, 0.717) is 51.7 Å². The predicted octanol–water partition coefficient (Wildman–Crippen LogP) is 2.89. The van der Waals surface area contributed by atoms with Gasteiger partial charge in [-0.15, -0.1) is 0 Å². The number of likely N-dealkylation sites (tertiary alicyclic amines) is 1. The second-order valence-electron chi connectivity index (χ2n) is 24.4. The average molecular weight is 1140 g/mol. The Morgan fingerprint density at radius 2 is 1.19 bits per heavy atom. The lowest BCUT2D eigenvalue weighted by Gasteiger charge is -2.35. The Balaban J connectivity index is 3.27. The maximum Gasteiger partial charge on any atom is 0.246 e. The summed E-state index contributed by atoms with van der Waals surface area (Å²) in [6.07, 6.45) is 6.01. The van der Waals surface area contributed by atoms with Crippen LogP contribution in [0.2, 0.25) is 0 Å². The largest absolute Gasteiger partial charge is 0.395 e. The first-order chi connectivity index (χ1) is 37.1. The van der Waals surface area contributed by atoms with E-state index >= 15 is 0 Å². The molecule has 22 nitrogen and oxygen atoms in total. The van der Waals surface area contributed by atoms with Gasteiger partial charge in [-0.05, 0) is 112 Å². The monoisotopic (exact) mass is 1130 g/mol. The molecule has 1 aliphatic heterocycles. The van der Waals surface area contributed by atoms with Crippen molar-refractivity contribution >= 4 is 58.9 Å². The van der Waals surface area contributed by atoms with Crippen LogP contribution in [0, 0.1) is 23.7 Å². The number of amides is 9. The number of unbranched alkanes of at least 4 members (excludes halogenated alkanes) is 3. The average Bonchev–Trinajstić information content (AvgIpc) is 3.87. The van der Waals surface area contributed by atoms with E-state index in [0.717, 1.165) is 25.7 Å². The molecule has 10 N–H and O–H groups in total. The van der Waals surface area contributed by atoms with E-state index < -0.39 is 112 Å². The van der Waals surface area contributed by atoms with Crippen molar-refractivity contribution in [3.63, 3.8) is 0 Å². The summed E-state index contributed by atoms with van der Waals surface area (Å²) in [5.74, 6) is -7.10. The lowest BCUT2D eigenvalue weighted by Crippen LogP contribution is -2.66. The van der Waals surface area contributed by atoms with Crippen LogP contribution in [0.4, 0.5) is 0 Å². The van der Waals surface area contributed by atoms with Gasteiger partial charge in [-0.25, -0.2) is 0 Å². The molecule has 0 aromatic rings. The van der Waals surface area contributed by atoms with Gasteiger partial charge in [0.1, 0.15) is 52.6 Å². The molecule has 0 aliphatic carbocycles. The third-order valence-electron chi connectivity index (χ3n) is 15.3. The third-order valence-corrected chi connectivity index (χ3v) is 15.3. The predicted molar refractivity (Wildman–Crippen MR) is 308 cm³/mol. The van der Waals surface area contributed by atoms with Crippen molar-refractivity contribution in [2.75, 3.05) is 33.3 Å². The fourth-order valence-corrected chi connectivity index (χ4v) is 9.48. The van der Waals surface area contributed by atoms with Crippen molar-refractivity contribution < 1.29 is 58.2 Å². The summed E-state index contributed by atoms with van der Waals surface area (Å²) in [5.41, 5.74) is -4.64. The number of carbonyl (C=O) groups is 10. The molecular formula is C58H106N10O12. The number of nitrogens with zero attached hydrogens (tertiary/aromatic N) is 2. The molecule has 1 fully saturated rings. The molecule has 0 aromatic heterocycles. The van der Waals surface area contributed by atoms with Crippen molar-refractivity contribution in [3.05, 3.63) is 0 Å². The number of nitrogens with one attached hydrogen (secondary N) is 8. The highest BCUT2D eigenvalue weighted by atomic mass is 16.3. The molecule has 9 amide bonds. The third kappa shape index (κ3) is 24.1. The number of aliphatic hydroxyl groups is 2. The van der Waals surface area contributed by atoms with Crippen LogP contribution in [-0.4, -0.2) is 171 Å². The molecule has 22 heteroatoms. The summed E-state index contributed by atoms with van der Waals surface area (Å²) in [6, 6.07) is -5.96. The molecule has 0 aromatic carbocycles. The van der Waals surface area contributed by atoms with Gasteiger partial charge in [-0.3, -0.25) is 47.9 Å². The highest BCUT2D eigenvalue weighted by Crippen LogP contribution is 2.24. The van der Waals surface area contributed by atoms with Crippen LogP contribution < -0.4 is 42.5 Å². The van der Waals surface area contributed by atoms with Crippen LogP contribution in [0.3, 0.4) is 0 Å². The molecule has 80 heavy (non-hydrogen) atoms. The van der Waals surface area contributed by atoms with Crippen molar-refractivity contribution in [2.45, 2.75) is 253 Å². The van der Waals surface area contributed by atoms with Gasteiger partial charge >= 0.3 is 0 Å². The van der Waals surface area contributed by atoms with E-state index in [1.54, 1.807) is 46.6 Å². The first-order valence-electron chi connectivity index (χ1n) is 29.4. The van der Waals surface area contributed by atoms with Crippen molar-refractivity contribution in [2.24, 2.45) is 23.7 Å². The Bertz CT molecular complexity index is 2070. The second-order valence-corrected chi connectivity index (χ2v) is 24.4. The van der Waals surface area contributed by atoms with Gasteiger partial charge in [0.2, 0.25) is 53.2 Å². The standard InChI is InChI=1S/C58H106N10O12/c1-18-22-23-24-26-38(8)52(77)68-28-25-27-44(68)49(74)61-43(32-35(5)31-42(71)33-41(70)21-4)48(73)60-40(10)47(72)64-56(11,12)54(79)63-45(36(6)19-2)50(75)62-46(37(7)20-3)51(76)65-58(15,16)55(80)66-57(13,14)53(78)59-39(9)34-67(17)29-30-69/h35-40,42-46,69,71H,18-34H2,1-17H3,(H,59,78)(H,60,73)(H,61,74)(H,62,75)(H,63,79)(H,64,72)(H,65,76)(H,66,80)/t35?,36-,37-,38?,39?,40-,42?,43-,44-,45-,46-/m0/s1. The first-order valence-corrected chi connectivity index (χ1v) is 29.4. The zero-order valence-electron chi connectivity index (χ0n) is 51.7. The minimum absolute atomic E-state index is 0.0297. The number of hydrogen-bond donors (Lipinski definition) is 10. The van der Waals surface area contributed by atoms with Crippen LogP contribution in [0.15, 0.2) is 0 Å². The summed E-state index contributed by atoms with van der Waals surface area (Å²) >= 11 is 0. The Labute approximate surface area is 478 Å². The van der Waals surface area contributed by atoms with E-state index in [-0.39, 0.29) is 61.9 Å². The fraction of sp³-hybridized carbons (Fsp3) is 0.828. The minimum Gasteiger partial charge on any atom is -0.395 e. The molecule has 460 valence electrons. The number of ketones is 1. The van der Waals surface area contributed by atoms with E-state index in [1.165, 1.54) is 48.5 Å². The molecule has 1 rings (SSSR count). The Hall–Kier alpha value is -5.22. The Morgan fingerprint density at radius 1 is 0.637 bits per heavy atom. The van der Waals surface area contributed by atoms with E-state index in [1.807, 2.05) is 25.7 Å². The molecule has 0 spiro atoms. The maximum absolute atomic E-state index is 14.2. The van der Waals surface area contributed by atoms with E-state index in [9.17, 15) is 58.2 Å². The summed E-state index contributed by atoms with van der Waals surface area (Å²) < 4.78 is 0. The zero-order valence-corrected chi connectivity index (χ0v) is 51.7.